The maximum atomic E-state index is 13.1. The van der Waals surface area contributed by atoms with Gasteiger partial charge in [-0.25, -0.2) is 12.8 Å². The average Bonchev–Trinajstić information content (AvgIpc) is 3.00. The van der Waals surface area contributed by atoms with Gasteiger partial charge in [0.2, 0.25) is 5.91 Å². The average molecular weight is 384 g/mol. The third-order valence-corrected chi connectivity index (χ3v) is 7.65. The Balaban J connectivity index is 1.83. The van der Waals surface area contributed by atoms with Crippen LogP contribution in [-0.2, 0) is 21.2 Å². The van der Waals surface area contributed by atoms with Gasteiger partial charge in [0, 0.05) is 18.2 Å². The van der Waals surface area contributed by atoms with Gasteiger partial charge in [-0.2, -0.15) is 4.99 Å². The summed E-state index contributed by atoms with van der Waals surface area (Å²) < 4.78 is 37.0. The Morgan fingerprint density at radius 3 is 2.72 bits per heavy atom. The molecule has 0 unspecified atom stereocenters. The molecule has 0 aromatic heterocycles. The molecule has 1 amide bonds. The van der Waals surface area contributed by atoms with Crippen molar-refractivity contribution in [2.24, 2.45) is 4.99 Å². The molecule has 2 fully saturated rings. The highest BCUT2D eigenvalue weighted by Crippen LogP contribution is 2.39. The number of fused-ring (bicyclic) bond motifs is 1. The largest absolute Gasteiger partial charge is 0.342 e. The Morgan fingerprint density at radius 1 is 1.32 bits per heavy atom. The lowest BCUT2D eigenvalue weighted by molar-refractivity contribution is -0.117. The maximum absolute atomic E-state index is 13.1. The molecule has 2 aliphatic rings. The molecule has 0 bridgehead atoms. The van der Waals surface area contributed by atoms with Crippen molar-refractivity contribution in [1.29, 1.82) is 0 Å². The van der Waals surface area contributed by atoms with E-state index in [1.165, 1.54) is 23.9 Å². The minimum atomic E-state index is -3.07. The zero-order chi connectivity index (χ0) is 18.0. The first kappa shape index (κ1) is 18.4. The van der Waals surface area contributed by atoms with E-state index in [0.29, 0.717) is 18.1 Å². The fourth-order valence-electron chi connectivity index (χ4n) is 3.10. The molecule has 3 rings (SSSR count). The summed E-state index contributed by atoms with van der Waals surface area (Å²) >= 11 is 1.38. The molecule has 0 N–H and O–H groups in total. The van der Waals surface area contributed by atoms with Crippen LogP contribution in [0, 0.1) is 5.82 Å². The standard InChI is InChI=1S/C17H21FN2O3S2/c1-2-3-4-16(21)19-17-20(9-12-5-7-13(18)8-6-12)14-10-25(22,23)11-15(14)24-17/h5-8,14-15H,2-4,9-11H2,1H3/t14-,15-/m1/s1. The zero-order valence-electron chi connectivity index (χ0n) is 14.0. The van der Waals surface area contributed by atoms with E-state index in [2.05, 4.69) is 4.99 Å². The molecule has 0 aliphatic carbocycles. The van der Waals surface area contributed by atoms with Crippen molar-refractivity contribution in [1.82, 2.24) is 4.90 Å². The number of thioether (sulfide) groups is 1. The van der Waals surface area contributed by atoms with E-state index >= 15 is 0 Å². The molecule has 5 nitrogen and oxygen atoms in total. The van der Waals surface area contributed by atoms with Gasteiger partial charge in [0.1, 0.15) is 5.82 Å². The van der Waals surface area contributed by atoms with Gasteiger partial charge in [-0.15, -0.1) is 0 Å². The zero-order valence-corrected chi connectivity index (χ0v) is 15.7. The number of halogens is 1. The molecule has 0 radical (unpaired) electrons. The summed E-state index contributed by atoms with van der Waals surface area (Å²) in [5, 5.41) is 0.499. The maximum Gasteiger partial charge on any atom is 0.248 e. The van der Waals surface area contributed by atoms with Crippen molar-refractivity contribution in [2.45, 2.75) is 44.0 Å². The van der Waals surface area contributed by atoms with Crippen LogP contribution in [0.5, 0.6) is 0 Å². The van der Waals surface area contributed by atoms with Gasteiger partial charge in [-0.05, 0) is 24.1 Å². The number of carbonyl (C=O) groups is 1. The summed E-state index contributed by atoms with van der Waals surface area (Å²) in [6.45, 7) is 2.44. The second-order valence-corrected chi connectivity index (χ2v) is 9.81. The predicted octanol–water partition coefficient (Wildman–Crippen LogP) is 2.61. The summed E-state index contributed by atoms with van der Waals surface area (Å²) in [5.74, 6) is -0.292. The number of hydrogen-bond donors (Lipinski definition) is 0. The quantitative estimate of drug-likeness (QED) is 0.781. The van der Waals surface area contributed by atoms with Crippen LogP contribution in [0.4, 0.5) is 4.39 Å². The molecule has 0 saturated carbocycles. The third-order valence-electron chi connectivity index (χ3n) is 4.41. The monoisotopic (exact) mass is 384 g/mol. The van der Waals surface area contributed by atoms with Crippen molar-refractivity contribution >= 4 is 32.7 Å². The van der Waals surface area contributed by atoms with Crippen LogP contribution < -0.4 is 0 Å². The van der Waals surface area contributed by atoms with Crippen molar-refractivity contribution < 1.29 is 17.6 Å². The van der Waals surface area contributed by atoms with E-state index in [4.69, 9.17) is 0 Å². The molecule has 25 heavy (non-hydrogen) atoms. The van der Waals surface area contributed by atoms with Gasteiger partial charge in [0.25, 0.3) is 0 Å². The number of amidine groups is 1. The molecule has 2 heterocycles. The minimum absolute atomic E-state index is 0.0774. The number of unbranched alkanes of at least 4 members (excludes halogenated alkanes) is 1. The highest BCUT2D eigenvalue weighted by atomic mass is 32.2. The lowest BCUT2D eigenvalue weighted by atomic mass is 10.1. The summed E-state index contributed by atoms with van der Waals surface area (Å²) in [5.41, 5.74) is 0.862. The highest BCUT2D eigenvalue weighted by Gasteiger charge is 2.48. The molecular formula is C17H21FN2O3S2. The van der Waals surface area contributed by atoms with Gasteiger partial charge < -0.3 is 4.90 Å². The lowest BCUT2D eigenvalue weighted by Gasteiger charge is -2.24. The van der Waals surface area contributed by atoms with Crippen LogP contribution >= 0.6 is 11.8 Å². The van der Waals surface area contributed by atoms with Gasteiger partial charge in [-0.3, -0.25) is 4.79 Å². The van der Waals surface area contributed by atoms with Gasteiger partial charge >= 0.3 is 0 Å². The lowest BCUT2D eigenvalue weighted by Crippen LogP contribution is -2.37. The highest BCUT2D eigenvalue weighted by molar-refractivity contribution is 8.15. The van der Waals surface area contributed by atoms with Gasteiger partial charge in [0.05, 0.1) is 17.5 Å². The Labute approximate surface area is 151 Å². The van der Waals surface area contributed by atoms with Crippen LogP contribution in [0.1, 0.15) is 31.7 Å². The summed E-state index contributed by atoms with van der Waals surface area (Å²) in [6.07, 6.45) is 2.12. The SMILES string of the molecule is CCCCC(=O)N=C1S[C@@H]2CS(=O)(=O)C[C@H]2N1Cc1ccc(F)cc1. The Kier molecular flexibility index (Phi) is 5.48. The van der Waals surface area contributed by atoms with Crippen LogP contribution in [0.15, 0.2) is 29.3 Å². The second-order valence-electron chi connectivity index (χ2n) is 6.45. The van der Waals surface area contributed by atoms with Crippen LogP contribution in [0.25, 0.3) is 0 Å². The first-order chi connectivity index (χ1) is 11.9. The van der Waals surface area contributed by atoms with Crippen LogP contribution in [0.2, 0.25) is 0 Å². The molecule has 0 spiro atoms. The number of nitrogens with zero attached hydrogens (tertiary/aromatic N) is 2. The molecule has 1 aromatic rings. The summed E-state index contributed by atoms with van der Waals surface area (Å²) in [6, 6.07) is 5.92. The fraction of sp³-hybridized carbons (Fsp3) is 0.529. The van der Waals surface area contributed by atoms with Crippen LogP contribution in [0.3, 0.4) is 0 Å². The van der Waals surface area contributed by atoms with Gasteiger partial charge in [0.15, 0.2) is 15.0 Å². The Morgan fingerprint density at radius 2 is 2.04 bits per heavy atom. The smallest absolute Gasteiger partial charge is 0.248 e. The van der Waals surface area contributed by atoms with E-state index in [1.807, 2.05) is 11.8 Å². The number of rotatable bonds is 5. The summed E-state index contributed by atoms with van der Waals surface area (Å²) in [4.78, 5) is 18.2. The van der Waals surface area contributed by atoms with E-state index in [0.717, 1.165) is 18.4 Å². The number of benzene rings is 1. The summed E-state index contributed by atoms with van der Waals surface area (Å²) in [7, 11) is -3.07. The van der Waals surface area contributed by atoms with E-state index in [-0.39, 0.29) is 34.5 Å². The molecule has 1 aromatic carbocycles. The topological polar surface area (TPSA) is 66.8 Å². The number of sulfone groups is 1. The van der Waals surface area contributed by atoms with E-state index in [1.54, 1.807) is 12.1 Å². The number of amides is 1. The molecule has 8 heteroatoms. The number of aliphatic imine (C=N–C) groups is 1. The van der Waals surface area contributed by atoms with Crippen molar-refractivity contribution in [3.63, 3.8) is 0 Å². The molecule has 2 atom stereocenters. The normalized spacial score (nSPS) is 26.2. The first-order valence-corrected chi connectivity index (χ1v) is 11.1. The first-order valence-electron chi connectivity index (χ1n) is 8.37. The van der Waals surface area contributed by atoms with Crippen molar-refractivity contribution in [2.75, 3.05) is 11.5 Å². The second kappa shape index (κ2) is 7.45. The van der Waals surface area contributed by atoms with Crippen molar-refractivity contribution in [3.8, 4) is 0 Å². The molecule has 136 valence electrons. The van der Waals surface area contributed by atoms with Gasteiger partial charge in [-0.1, -0.05) is 37.2 Å². The minimum Gasteiger partial charge on any atom is -0.342 e. The van der Waals surface area contributed by atoms with Crippen molar-refractivity contribution in [3.05, 3.63) is 35.6 Å². The Bertz CT molecular complexity index is 778. The number of hydrogen-bond acceptors (Lipinski definition) is 4. The fourth-order valence-corrected chi connectivity index (χ4v) is 7.07. The molecule has 2 aliphatic heterocycles. The predicted molar refractivity (Wildman–Crippen MR) is 97.7 cm³/mol. The van der Waals surface area contributed by atoms with E-state index < -0.39 is 9.84 Å². The van der Waals surface area contributed by atoms with E-state index in [9.17, 15) is 17.6 Å². The Hall–Kier alpha value is -1.41. The third kappa shape index (κ3) is 4.41. The van der Waals surface area contributed by atoms with Crippen LogP contribution in [-0.4, -0.2) is 47.2 Å². The molecule has 2 saturated heterocycles. The number of carbonyl (C=O) groups excluding carboxylic acids is 1. The molecular weight excluding hydrogens is 363 g/mol.